The summed E-state index contributed by atoms with van der Waals surface area (Å²) in [6.07, 6.45) is -0.682. The van der Waals surface area contributed by atoms with Crippen LogP contribution in [-0.4, -0.2) is 81.9 Å². The Balaban J connectivity index is 1.36. The fraction of sp³-hybridized carbons (Fsp3) is 0.621. The summed E-state index contributed by atoms with van der Waals surface area (Å²) in [6, 6.07) is 0.334. The highest BCUT2D eigenvalue weighted by molar-refractivity contribution is 8.18. The van der Waals surface area contributed by atoms with E-state index in [2.05, 4.69) is 15.5 Å². The van der Waals surface area contributed by atoms with Crippen LogP contribution in [0.1, 0.15) is 79.7 Å². The second-order valence-corrected chi connectivity index (χ2v) is 14.8. The first-order valence-corrected chi connectivity index (χ1v) is 16.4. The highest BCUT2D eigenvalue weighted by Gasteiger charge is 2.55. The van der Waals surface area contributed by atoms with Gasteiger partial charge in [-0.1, -0.05) is 17.3 Å². The van der Waals surface area contributed by atoms with Crippen LogP contribution in [0.3, 0.4) is 0 Å². The fourth-order valence-electron chi connectivity index (χ4n) is 6.83. The molecule has 0 spiro atoms. The number of nitrogens with zero attached hydrogens (tertiary/aromatic N) is 4. The summed E-state index contributed by atoms with van der Waals surface area (Å²) in [4.78, 5) is 0. The maximum absolute atomic E-state index is 14.3. The van der Waals surface area contributed by atoms with Gasteiger partial charge in [0, 0.05) is 40.9 Å². The lowest BCUT2D eigenvalue weighted by Gasteiger charge is -2.52. The number of aromatic nitrogens is 4. The van der Waals surface area contributed by atoms with Gasteiger partial charge in [-0.05, 0) is 44.2 Å². The summed E-state index contributed by atoms with van der Waals surface area (Å²) < 4.78 is 76.6. The topological polar surface area (TPSA) is 138 Å². The Morgan fingerprint density at radius 2 is 1.75 bits per heavy atom. The number of hydrogen-bond acceptors (Lipinski definition) is 8. The van der Waals surface area contributed by atoms with Crippen LogP contribution >= 0.6 is 10.9 Å². The normalized spacial score (nSPS) is 29.9. The van der Waals surface area contributed by atoms with Crippen molar-refractivity contribution >= 4 is 10.9 Å². The van der Waals surface area contributed by atoms with E-state index in [4.69, 9.17) is 4.52 Å². The zero-order valence-corrected chi connectivity index (χ0v) is 24.8. The van der Waals surface area contributed by atoms with E-state index in [-0.39, 0.29) is 35.8 Å². The first-order chi connectivity index (χ1) is 20.9. The van der Waals surface area contributed by atoms with E-state index in [0.717, 1.165) is 35.2 Å². The molecule has 1 saturated heterocycles. The summed E-state index contributed by atoms with van der Waals surface area (Å²) in [5.41, 5.74) is -0.601. The highest BCUT2D eigenvalue weighted by atomic mass is 32.2. The number of rotatable bonds is 8. The molecule has 0 radical (unpaired) electrons. The Kier molecular flexibility index (Phi) is 8.31. The maximum Gasteiger partial charge on any atom is 0.248 e. The minimum atomic E-state index is -2.94. The van der Waals surface area contributed by atoms with E-state index in [0.29, 0.717) is 17.9 Å². The van der Waals surface area contributed by atoms with Crippen molar-refractivity contribution in [1.29, 1.82) is 0 Å². The fourth-order valence-corrected chi connectivity index (χ4v) is 10.5. The molecule has 0 bridgehead atoms. The van der Waals surface area contributed by atoms with Crippen molar-refractivity contribution in [2.75, 3.05) is 12.4 Å². The van der Waals surface area contributed by atoms with Crippen LogP contribution in [0.2, 0.25) is 0 Å². The van der Waals surface area contributed by atoms with Crippen molar-refractivity contribution in [3.8, 4) is 11.3 Å². The predicted molar refractivity (Wildman–Crippen MR) is 150 cm³/mol. The first kappa shape index (κ1) is 31.4. The van der Waals surface area contributed by atoms with Gasteiger partial charge in [-0.25, -0.2) is 37.5 Å². The van der Waals surface area contributed by atoms with Crippen LogP contribution in [-0.2, 0) is 6.42 Å². The third-order valence-corrected chi connectivity index (χ3v) is 12.8. The van der Waals surface area contributed by atoms with Gasteiger partial charge in [0.2, 0.25) is 5.92 Å². The molecule has 242 valence electrons. The van der Waals surface area contributed by atoms with E-state index in [1.807, 2.05) is 6.92 Å². The standard InChI is InChI=1S/C29H35F5N4O5S/c1-2-16-23(36-43-26(16)14-3-4-14)27(28(42)5-7-29(33,34)8-6-28)44-13-20(40)24(25(41)21(44)12-39)38-11-19(35-37-38)15-9-17(30)22(32)18(31)10-15/h9-11,14,20-21,24-25,27,39-42,44H,2-8,12-13H2,1H3/t20-,21+,24-,25-,27+/m0/s1. The van der Waals surface area contributed by atoms with Crippen LogP contribution in [0.5, 0.6) is 0 Å². The van der Waals surface area contributed by atoms with Crippen molar-refractivity contribution in [3.63, 3.8) is 0 Å². The molecule has 3 heterocycles. The SMILES string of the molecule is CCc1c([C@@H]([SH]2C[C@H](O)[C@H](n3cc(-c4cc(F)c(F)c(F)c4)nn3)[C@@H](O)[C@H]2CO)C2(O)CCC(F)(F)CC2)noc1C1CC1. The summed E-state index contributed by atoms with van der Waals surface area (Å²) in [5, 5.41) is 56.1. The minimum Gasteiger partial charge on any atom is -0.395 e. The van der Waals surface area contributed by atoms with Gasteiger partial charge in [0.1, 0.15) is 23.2 Å². The zero-order chi connectivity index (χ0) is 31.6. The molecule has 15 heteroatoms. The van der Waals surface area contributed by atoms with Gasteiger partial charge in [0.15, 0.2) is 17.5 Å². The lowest BCUT2D eigenvalue weighted by atomic mass is 9.78. The quantitative estimate of drug-likeness (QED) is 0.140. The van der Waals surface area contributed by atoms with E-state index < -0.39 is 88.1 Å². The zero-order valence-electron chi connectivity index (χ0n) is 23.9. The van der Waals surface area contributed by atoms with Gasteiger partial charge in [0.05, 0.1) is 35.9 Å². The largest absolute Gasteiger partial charge is 0.395 e. The van der Waals surface area contributed by atoms with Gasteiger partial charge in [-0.2, -0.15) is 0 Å². The molecule has 2 saturated carbocycles. The molecule has 6 atom stereocenters. The molecule has 1 aliphatic heterocycles. The summed E-state index contributed by atoms with van der Waals surface area (Å²) in [7, 11) is -1.70. The van der Waals surface area contributed by atoms with Crippen LogP contribution < -0.4 is 0 Å². The van der Waals surface area contributed by atoms with Crippen molar-refractivity contribution in [3.05, 3.63) is 52.8 Å². The van der Waals surface area contributed by atoms with Gasteiger partial charge in [-0.3, -0.25) is 0 Å². The van der Waals surface area contributed by atoms with E-state index in [9.17, 15) is 42.4 Å². The number of aliphatic hydroxyl groups excluding tert-OH is 3. The number of hydrogen-bond donors (Lipinski definition) is 5. The minimum absolute atomic E-state index is 0.0184. The average molecular weight is 647 g/mol. The smallest absolute Gasteiger partial charge is 0.248 e. The Morgan fingerprint density at radius 1 is 1.09 bits per heavy atom. The maximum atomic E-state index is 14.3. The summed E-state index contributed by atoms with van der Waals surface area (Å²) in [5.74, 6) is -6.55. The van der Waals surface area contributed by atoms with Crippen molar-refractivity contribution < 1.29 is 46.9 Å². The van der Waals surface area contributed by atoms with Gasteiger partial charge < -0.3 is 24.9 Å². The summed E-state index contributed by atoms with van der Waals surface area (Å²) >= 11 is 0. The first-order valence-electron chi connectivity index (χ1n) is 14.8. The Morgan fingerprint density at radius 3 is 2.34 bits per heavy atom. The average Bonchev–Trinajstić information content (AvgIpc) is 3.56. The molecule has 1 aromatic carbocycles. The third-order valence-electron chi connectivity index (χ3n) is 9.34. The second kappa shape index (κ2) is 11.6. The van der Waals surface area contributed by atoms with Crippen molar-refractivity contribution in [1.82, 2.24) is 20.2 Å². The molecule has 9 nitrogen and oxygen atoms in total. The van der Waals surface area contributed by atoms with Crippen LogP contribution in [0.15, 0.2) is 22.9 Å². The molecule has 3 aliphatic rings. The molecular weight excluding hydrogens is 611 g/mol. The van der Waals surface area contributed by atoms with E-state index in [1.54, 1.807) is 0 Å². The van der Waals surface area contributed by atoms with Gasteiger partial charge >= 0.3 is 0 Å². The van der Waals surface area contributed by atoms with Crippen molar-refractivity contribution in [2.24, 2.45) is 0 Å². The molecular formula is C29H35F5N4O5S. The van der Waals surface area contributed by atoms with Gasteiger partial charge in [0.25, 0.3) is 0 Å². The number of alkyl halides is 2. The Hall–Kier alpha value is -2.59. The molecule has 3 aromatic rings. The highest BCUT2D eigenvalue weighted by Crippen LogP contribution is 2.62. The van der Waals surface area contributed by atoms with Gasteiger partial charge in [-0.15, -0.1) is 5.10 Å². The van der Waals surface area contributed by atoms with E-state index >= 15 is 0 Å². The molecule has 6 rings (SSSR count). The Labute approximate surface area is 252 Å². The van der Waals surface area contributed by atoms with E-state index in [1.165, 1.54) is 6.20 Å². The molecule has 44 heavy (non-hydrogen) atoms. The number of benzene rings is 1. The third kappa shape index (κ3) is 5.54. The lowest BCUT2D eigenvalue weighted by Crippen LogP contribution is -2.53. The molecule has 2 aliphatic carbocycles. The van der Waals surface area contributed by atoms with Crippen LogP contribution in [0.4, 0.5) is 22.0 Å². The molecule has 3 fully saturated rings. The lowest BCUT2D eigenvalue weighted by molar-refractivity contribution is -0.105. The second-order valence-electron chi connectivity index (χ2n) is 12.2. The predicted octanol–water partition coefficient (Wildman–Crippen LogP) is 4.11. The molecule has 0 amide bonds. The molecule has 2 aromatic heterocycles. The summed E-state index contributed by atoms with van der Waals surface area (Å²) in [6.45, 7) is 1.36. The molecule has 4 N–H and O–H groups in total. The Bertz CT molecular complexity index is 1480. The van der Waals surface area contributed by atoms with Crippen LogP contribution in [0, 0.1) is 17.5 Å². The number of thiol groups is 1. The number of halogens is 5. The monoisotopic (exact) mass is 646 g/mol. The molecule has 1 unspecified atom stereocenters. The van der Waals surface area contributed by atoms with Crippen LogP contribution in [0.25, 0.3) is 11.3 Å². The van der Waals surface area contributed by atoms with Crippen molar-refractivity contribution in [2.45, 2.75) is 98.1 Å². The number of aliphatic hydroxyl groups is 4.